The fourth-order valence-electron chi connectivity index (χ4n) is 3.80. The summed E-state index contributed by atoms with van der Waals surface area (Å²) in [6, 6.07) is 7.86. The Morgan fingerprint density at radius 1 is 1.24 bits per heavy atom. The Labute approximate surface area is 129 Å². The second-order valence-electron chi connectivity index (χ2n) is 7.55. The van der Waals surface area contributed by atoms with Crippen molar-refractivity contribution >= 4 is 0 Å². The minimum atomic E-state index is -0.135. The largest absolute Gasteiger partial charge is 0.307 e. The van der Waals surface area contributed by atoms with E-state index in [0.29, 0.717) is 17.4 Å². The summed E-state index contributed by atoms with van der Waals surface area (Å²) in [6.07, 6.45) is 6.20. The fraction of sp³-hybridized carbons (Fsp3) is 0.684. The highest BCUT2D eigenvalue weighted by Crippen LogP contribution is 2.39. The number of halogens is 1. The van der Waals surface area contributed by atoms with Gasteiger partial charge in [-0.3, -0.25) is 0 Å². The molecule has 1 aromatic rings. The molecule has 1 N–H and O–H groups in total. The van der Waals surface area contributed by atoms with Gasteiger partial charge in [0.05, 0.1) is 0 Å². The lowest BCUT2D eigenvalue weighted by molar-refractivity contribution is 0.122. The van der Waals surface area contributed by atoms with E-state index in [2.05, 4.69) is 33.0 Å². The summed E-state index contributed by atoms with van der Waals surface area (Å²) in [4.78, 5) is 0. The summed E-state index contributed by atoms with van der Waals surface area (Å²) < 4.78 is 13.5. The lowest BCUT2D eigenvalue weighted by Gasteiger charge is -2.42. The molecule has 0 amide bonds. The van der Waals surface area contributed by atoms with Crippen molar-refractivity contribution in [3.63, 3.8) is 0 Å². The predicted octanol–water partition coefficient (Wildman–Crippen LogP) is 5.47. The molecule has 1 fully saturated rings. The van der Waals surface area contributed by atoms with Crippen molar-refractivity contribution in [2.24, 2.45) is 11.3 Å². The van der Waals surface area contributed by atoms with Crippen LogP contribution in [0.2, 0.25) is 0 Å². The zero-order chi connectivity index (χ0) is 15.5. The quantitative estimate of drug-likeness (QED) is 0.775. The van der Waals surface area contributed by atoms with Gasteiger partial charge >= 0.3 is 0 Å². The molecule has 0 saturated heterocycles. The average Bonchev–Trinajstić information content (AvgIpc) is 2.44. The van der Waals surface area contributed by atoms with Gasteiger partial charge in [-0.1, -0.05) is 52.7 Å². The highest BCUT2D eigenvalue weighted by molar-refractivity contribution is 5.20. The molecule has 1 aliphatic carbocycles. The molecule has 21 heavy (non-hydrogen) atoms. The molecule has 0 bridgehead atoms. The molecule has 1 saturated carbocycles. The van der Waals surface area contributed by atoms with Gasteiger partial charge in [0.15, 0.2) is 0 Å². The van der Waals surface area contributed by atoms with E-state index in [1.165, 1.54) is 31.7 Å². The van der Waals surface area contributed by atoms with Crippen molar-refractivity contribution in [1.82, 2.24) is 5.32 Å². The lowest BCUT2D eigenvalue weighted by Crippen LogP contribution is -2.45. The van der Waals surface area contributed by atoms with Crippen LogP contribution < -0.4 is 5.32 Å². The molecule has 2 rings (SSSR count). The van der Waals surface area contributed by atoms with Crippen molar-refractivity contribution in [2.75, 3.05) is 0 Å². The van der Waals surface area contributed by atoms with Crippen LogP contribution in [0.25, 0.3) is 0 Å². The van der Waals surface area contributed by atoms with Gasteiger partial charge in [0, 0.05) is 12.1 Å². The Balaban J connectivity index is 2.13. The highest BCUT2D eigenvalue weighted by Gasteiger charge is 2.34. The Kier molecular flexibility index (Phi) is 5.43. The Morgan fingerprint density at radius 3 is 2.57 bits per heavy atom. The van der Waals surface area contributed by atoms with Crippen molar-refractivity contribution < 1.29 is 4.39 Å². The van der Waals surface area contributed by atoms with E-state index < -0.39 is 0 Å². The van der Waals surface area contributed by atoms with Crippen molar-refractivity contribution in [1.29, 1.82) is 0 Å². The first-order valence-electron chi connectivity index (χ1n) is 8.43. The molecular formula is C19H30FN. The van der Waals surface area contributed by atoms with E-state index in [-0.39, 0.29) is 11.9 Å². The van der Waals surface area contributed by atoms with E-state index in [9.17, 15) is 4.39 Å². The Hall–Kier alpha value is -0.890. The molecule has 118 valence electrons. The molecule has 0 heterocycles. The molecule has 0 aromatic heterocycles. The van der Waals surface area contributed by atoms with Gasteiger partial charge in [0.25, 0.3) is 0 Å². The topological polar surface area (TPSA) is 12.0 Å². The molecule has 1 aromatic carbocycles. The number of hydrogen-bond donors (Lipinski definition) is 1. The summed E-state index contributed by atoms with van der Waals surface area (Å²) in [5.74, 6) is 0.567. The average molecular weight is 291 g/mol. The van der Waals surface area contributed by atoms with Crippen LogP contribution in [-0.2, 0) is 0 Å². The molecule has 3 unspecified atom stereocenters. The summed E-state index contributed by atoms with van der Waals surface area (Å²) in [6.45, 7) is 9.22. The zero-order valence-corrected chi connectivity index (χ0v) is 14.0. The normalized spacial score (nSPS) is 24.8. The van der Waals surface area contributed by atoms with Gasteiger partial charge in [0.1, 0.15) is 5.82 Å². The van der Waals surface area contributed by atoms with E-state index >= 15 is 0 Å². The highest BCUT2D eigenvalue weighted by atomic mass is 19.1. The zero-order valence-electron chi connectivity index (χ0n) is 14.0. The smallest absolute Gasteiger partial charge is 0.123 e. The number of hydrogen-bond acceptors (Lipinski definition) is 1. The minimum Gasteiger partial charge on any atom is -0.307 e. The van der Waals surface area contributed by atoms with E-state index in [1.807, 2.05) is 12.1 Å². The predicted molar refractivity (Wildman–Crippen MR) is 87.8 cm³/mol. The first-order valence-corrected chi connectivity index (χ1v) is 8.43. The van der Waals surface area contributed by atoms with E-state index in [4.69, 9.17) is 0 Å². The fourth-order valence-corrected chi connectivity index (χ4v) is 3.80. The maximum absolute atomic E-state index is 13.5. The van der Waals surface area contributed by atoms with Crippen molar-refractivity contribution in [3.05, 3.63) is 35.6 Å². The van der Waals surface area contributed by atoms with E-state index in [0.717, 1.165) is 12.0 Å². The minimum absolute atomic E-state index is 0.135. The van der Waals surface area contributed by atoms with E-state index in [1.54, 1.807) is 6.07 Å². The maximum Gasteiger partial charge on any atom is 0.123 e. The second-order valence-corrected chi connectivity index (χ2v) is 7.55. The van der Waals surface area contributed by atoms with Crippen LogP contribution >= 0.6 is 0 Å². The van der Waals surface area contributed by atoms with Gasteiger partial charge < -0.3 is 5.32 Å². The van der Waals surface area contributed by atoms with Crippen molar-refractivity contribution in [3.8, 4) is 0 Å². The SMILES string of the molecule is CCC(NC1CCCCC1C(C)(C)C)c1cccc(F)c1. The summed E-state index contributed by atoms with van der Waals surface area (Å²) in [5, 5.41) is 3.84. The number of nitrogens with one attached hydrogen (secondary N) is 1. The Morgan fingerprint density at radius 2 is 1.95 bits per heavy atom. The molecule has 1 aliphatic rings. The molecule has 1 nitrogen and oxygen atoms in total. The lowest BCUT2D eigenvalue weighted by atomic mass is 9.69. The first kappa shape index (κ1) is 16.5. The van der Waals surface area contributed by atoms with Crippen LogP contribution in [0.3, 0.4) is 0 Å². The first-order chi connectivity index (χ1) is 9.91. The van der Waals surface area contributed by atoms with Crippen LogP contribution in [0, 0.1) is 17.2 Å². The summed E-state index contributed by atoms with van der Waals surface area (Å²) in [5.41, 5.74) is 1.41. The van der Waals surface area contributed by atoms with Crippen LogP contribution in [0.4, 0.5) is 4.39 Å². The van der Waals surface area contributed by atoms with Crippen LogP contribution in [0.5, 0.6) is 0 Å². The third kappa shape index (κ3) is 4.29. The van der Waals surface area contributed by atoms with Gasteiger partial charge in [0.2, 0.25) is 0 Å². The number of rotatable bonds is 4. The number of benzene rings is 1. The van der Waals surface area contributed by atoms with Gasteiger partial charge in [-0.2, -0.15) is 0 Å². The molecular weight excluding hydrogens is 261 g/mol. The van der Waals surface area contributed by atoms with Gasteiger partial charge in [-0.15, -0.1) is 0 Å². The van der Waals surface area contributed by atoms with Gasteiger partial charge in [-0.05, 0) is 48.3 Å². The molecule has 3 atom stereocenters. The monoisotopic (exact) mass is 291 g/mol. The Bertz CT molecular complexity index is 449. The van der Waals surface area contributed by atoms with Crippen LogP contribution in [0.15, 0.2) is 24.3 Å². The molecule has 0 aliphatic heterocycles. The molecule has 2 heteroatoms. The second kappa shape index (κ2) is 6.91. The summed E-state index contributed by atoms with van der Waals surface area (Å²) in [7, 11) is 0. The van der Waals surface area contributed by atoms with Crippen LogP contribution in [-0.4, -0.2) is 6.04 Å². The van der Waals surface area contributed by atoms with Crippen molar-refractivity contribution in [2.45, 2.75) is 71.9 Å². The third-order valence-electron chi connectivity index (χ3n) is 4.95. The third-order valence-corrected chi connectivity index (χ3v) is 4.95. The molecule has 0 spiro atoms. The summed E-state index contributed by atoms with van der Waals surface area (Å²) >= 11 is 0. The van der Waals surface area contributed by atoms with Crippen LogP contribution in [0.1, 0.15) is 71.4 Å². The maximum atomic E-state index is 13.5. The standard InChI is InChI=1S/C19H30FN/c1-5-17(14-9-8-10-15(20)13-14)21-18-12-7-6-11-16(18)19(2,3)4/h8-10,13,16-18,21H,5-7,11-12H2,1-4H3. The molecule has 0 radical (unpaired) electrons. The van der Waals surface area contributed by atoms with Gasteiger partial charge in [-0.25, -0.2) is 4.39 Å².